The Morgan fingerprint density at radius 2 is 1.79 bits per heavy atom. The first kappa shape index (κ1) is 20.2. The zero-order chi connectivity index (χ0) is 19.8. The third kappa shape index (κ3) is 5.70. The molecule has 4 nitrogen and oxygen atoms in total. The molecule has 1 saturated heterocycles. The number of aryl methyl sites for hydroxylation is 1. The van der Waals surface area contributed by atoms with Crippen LogP contribution in [0, 0.1) is 6.92 Å². The van der Waals surface area contributed by atoms with Crippen LogP contribution >= 0.6 is 0 Å². The molecule has 1 fully saturated rings. The number of hydrogen-bond donors (Lipinski definition) is 0. The minimum Gasteiger partial charge on any atom is -0.362 e. The molecule has 0 aliphatic carbocycles. The van der Waals surface area contributed by atoms with Crippen LogP contribution in [-0.2, 0) is 4.79 Å². The van der Waals surface area contributed by atoms with Crippen molar-refractivity contribution in [1.82, 2.24) is 9.80 Å². The highest BCUT2D eigenvalue weighted by Crippen LogP contribution is 2.16. The number of hydrogen-bond acceptors (Lipinski definition) is 3. The first-order chi connectivity index (χ1) is 13.7. The van der Waals surface area contributed by atoms with Gasteiger partial charge in [0, 0.05) is 45.0 Å². The lowest BCUT2D eigenvalue weighted by Crippen LogP contribution is -2.51. The number of benzene rings is 2. The fourth-order valence-corrected chi connectivity index (χ4v) is 3.56. The fourth-order valence-electron chi connectivity index (χ4n) is 3.56. The van der Waals surface area contributed by atoms with Gasteiger partial charge in [0.15, 0.2) is 0 Å². The van der Waals surface area contributed by atoms with Gasteiger partial charge in [0.2, 0.25) is 5.91 Å². The van der Waals surface area contributed by atoms with E-state index in [1.54, 1.807) is 0 Å². The second kappa shape index (κ2) is 10.1. The molecule has 2 aromatic carbocycles. The highest BCUT2D eigenvalue weighted by Gasteiger charge is 2.22. The van der Waals surface area contributed by atoms with E-state index >= 15 is 0 Å². The smallest absolute Gasteiger partial charge is 0.242 e. The Balaban J connectivity index is 1.46. The molecule has 0 aromatic heterocycles. The number of likely N-dealkylation sites (N-methyl/N-ethyl adjacent to an activating group) is 1. The van der Waals surface area contributed by atoms with Gasteiger partial charge in [-0.25, -0.2) is 0 Å². The minimum atomic E-state index is 0.225. The van der Waals surface area contributed by atoms with E-state index in [-0.39, 0.29) is 5.91 Å². The highest BCUT2D eigenvalue weighted by atomic mass is 16.2. The Morgan fingerprint density at radius 1 is 1.04 bits per heavy atom. The van der Waals surface area contributed by atoms with Gasteiger partial charge >= 0.3 is 0 Å². The number of carbonyl (C=O) groups excluding carboxylic acids is 1. The predicted octanol–water partition coefficient (Wildman–Crippen LogP) is 3.68. The Hall–Kier alpha value is -2.59. The molecule has 148 valence electrons. The average molecular weight is 378 g/mol. The number of nitrogens with zero attached hydrogens (tertiary/aromatic N) is 3. The van der Waals surface area contributed by atoms with Crippen molar-refractivity contribution in [2.75, 3.05) is 50.7 Å². The van der Waals surface area contributed by atoms with E-state index in [1.165, 1.54) is 11.1 Å². The quantitative estimate of drug-likeness (QED) is 0.736. The van der Waals surface area contributed by atoms with E-state index in [0.717, 1.165) is 45.0 Å². The van der Waals surface area contributed by atoms with Crippen molar-refractivity contribution in [1.29, 1.82) is 0 Å². The van der Waals surface area contributed by atoms with Crippen molar-refractivity contribution in [3.8, 4) is 0 Å². The summed E-state index contributed by atoms with van der Waals surface area (Å²) in [5, 5.41) is 0. The number of anilines is 1. The number of rotatable bonds is 7. The van der Waals surface area contributed by atoms with Crippen LogP contribution in [0.25, 0.3) is 6.08 Å². The molecule has 1 amide bonds. The van der Waals surface area contributed by atoms with Crippen LogP contribution < -0.4 is 4.90 Å². The van der Waals surface area contributed by atoms with Crippen molar-refractivity contribution in [2.24, 2.45) is 0 Å². The molecular formula is C24H31N3O. The predicted molar refractivity (Wildman–Crippen MR) is 118 cm³/mol. The van der Waals surface area contributed by atoms with Crippen LogP contribution in [0.2, 0.25) is 0 Å². The van der Waals surface area contributed by atoms with E-state index in [2.05, 4.69) is 84.3 Å². The summed E-state index contributed by atoms with van der Waals surface area (Å²) in [6, 6.07) is 18.7. The Morgan fingerprint density at radius 3 is 2.46 bits per heavy atom. The van der Waals surface area contributed by atoms with Gasteiger partial charge in [0.05, 0.1) is 6.54 Å². The SMILES string of the molecule is CCN(CC(=O)N1CCN(C/C=C/c2ccccc2)CC1)c1cccc(C)c1. The summed E-state index contributed by atoms with van der Waals surface area (Å²) >= 11 is 0. The van der Waals surface area contributed by atoms with Crippen molar-refractivity contribution < 1.29 is 4.79 Å². The van der Waals surface area contributed by atoms with Crippen LogP contribution in [0.3, 0.4) is 0 Å². The summed E-state index contributed by atoms with van der Waals surface area (Å²) < 4.78 is 0. The second-order valence-electron chi connectivity index (χ2n) is 7.35. The molecule has 0 N–H and O–H groups in total. The van der Waals surface area contributed by atoms with Crippen molar-refractivity contribution in [2.45, 2.75) is 13.8 Å². The van der Waals surface area contributed by atoms with Crippen LogP contribution in [0.5, 0.6) is 0 Å². The zero-order valence-electron chi connectivity index (χ0n) is 17.1. The zero-order valence-corrected chi connectivity index (χ0v) is 17.1. The lowest BCUT2D eigenvalue weighted by atomic mass is 10.2. The van der Waals surface area contributed by atoms with E-state index in [4.69, 9.17) is 0 Å². The van der Waals surface area contributed by atoms with Gasteiger partial charge in [-0.2, -0.15) is 0 Å². The number of piperazine rings is 1. The first-order valence-electron chi connectivity index (χ1n) is 10.2. The molecule has 0 radical (unpaired) electrons. The van der Waals surface area contributed by atoms with Crippen LogP contribution in [-0.4, -0.2) is 61.5 Å². The van der Waals surface area contributed by atoms with E-state index in [0.29, 0.717) is 6.54 Å². The lowest BCUT2D eigenvalue weighted by molar-refractivity contribution is -0.131. The average Bonchev–Trinajstić information content (AvgIpc) is 2.73. The first-order valence-corrected chi connectivity index (χ1v) is 10.2. The molecule has 3 rings (SSSR count). The fraction of sp³-hybridized carbons (Fsp3) is 0.375. The molecule has 0 atom stereocenters. The molecule has 4 heteroatoms. The normalized spacial score (nSPS) is 15.1. The molecule has 2 aromatic rings. The van der Waals surface area contributed by atoms with Gasteiger partial charge in [-0.3, -0.25) is 9.69 Å². The maximum atomic E-state index is 12.8. The van der Waals surface area contributed by atoms with Gasteiger partial charge in [-0.05, 0) is 37.1 Å². The van der Waals surface area contributed by atoms with Gasteiger partial charge in [0.25, 0.3) is 0 Å². The molecule has 1 aliphatic heterocycles. The van der Waals surface area contributed by atoms with E-state index < -0.39 is 0 Å². The second-order valence-corrected chi connectivity index (χ2v) is 7.35. The summed E-state index contributed by atoms with van der Waals surface area (Å²) in [6.45, 7) is 9.89. The largest absolute Gasteiger partial charge is 0.362 e. The number of amides is 1. The summed E-state index contributed by atoms with van der Waals surface area (Å²) in [5.41, 5.74) is 3.58. The highest BCUT2D eigenvalue weighted by molar-refractivity contribution is 5.81. The third-order valence-electron chi connectivity index (χ3n) is 5.27. The van der Waals surface area contributed by atoms with Gasteiger partial charge in [-0.15, -0.1) is 0 Å². The van der Waals surface area contributed by atoms with Gasteiger partial charge < -0.3 is 9.80 Å². The topological polar surface area (TPSA) is 26.8 Å². The molecule has 0 bridgehead atoms. The maximum absolute atomic E-state index is 12.8. The van der Waals surface area contributed by atoms with Crippen molar-refractivity contribution in [3.63, 3.8) is 0 Å². The van der Waals surface area contributed by atoms with Crippen molar-refractivity contribution in [3.05, 3.63) is 71.8 Å². The van der Waals surface area contributed by atoms with E-state index in [1.807, 2.05) is 11.0 Å². The standard InChI is InChI=1S/C24H31N3O/c1-3-26(23-13-7-9-21(2)19-23)20-24(28)27-17-15-25(16-18-27)14-8-12-22-10-5-4-6-11-22/h4-13,19H,3,14-18,20H2,1-2H3/b12-8+. The van der Waals surface area contributed by atoms with E-state index in [9.17, 15) is 4.79 Å². The molecular weight excluding hydrogens is 346 g/mol. The van der Waals surface area contributed by atoms with Gasteiger partial charge in [0.1, 0.15) is 0 Å². The summed E-state index contributed by atoms with van der Waals surface area (Å²) in [4.78, 5) is 19.4. The molecule has 0 unspecified atom stereocenters. The van der Waals surface area contributed by atoms with Crippen LogP contribution in [0.4, 0.5) is 5.69 Å². The Kier molecular flexibility index (Phi) is 7.26. The summed E-state index contributed by atoms with van der Waals surface area (Å²) in [6.07, 6.45) is 4.38. The van der Waals surface area contributed by atoms with Crippen LogP contribution in [0.15, 0.2) is 60.7 Å². The third-order valence-corrected chi connectivity index (χ3v) is 5.27. The number of carbonyl (C=O) groups is 1. The minimum absolute atomic E-state index is 0.225. The Labute approximate surface area is 169 Å². The lowest BCUT2D eigenvalue weighted by Gasteiger charge is -2.35. The summed E-state index contributed by atoms with van der Waals surface area (Å²) in [7, 11) is 0. The maximum Gasteiger partial charge on any atom is 0.242 e. The van der Waals surface area contributed by atoms with Crippen LogP contribution in [0.1, 0.15) is 18.1 Å². The molecule has 1 heterocycles. The monoisotopic (exact) mass is 377 g/mol. The Bertz CT molecular complexity index is 779. The van der Waals surface area contributed by atoms with Crippen molar-refractivity contribution >= 4 is 17.7 Å². The molecule has 0 spiro atoms. The molecule has 28 heavy (non-hydrogen) atoms. The molecule has 0 saturated carbocycles. The molecule has 1 aliphatic rings. The summed E-state index contributed by atoms with van der Waals surface area (Å²) in [5.74, 6) is 0.225. The van der Waals surface area contributed by atoms with Gasteiger partial charge in [-0.1, -0.05) is 54.6 Å².